The SMILES string of the molecule is CC(=O)O.CC(=O)O.CC(=O)O.NCCNCc1ccccc1. The van der Waals surface area contributed by atoms with Gasteiger partial charge in [-0.3, -0.25) is 14.4 Å². The first-order chi connectivity index (χ1) is 10.6. The van der Waals surface area contributed by atoms with E-state index in [0.29, 0.717) is 6.54 Å². The monoisotopic (exact) mass is 330 g/mol. The predicted octanol–water partition coefficient (Wildman–Crippen LogP) is 1.01. The van der Waals surface area contributed by atoms with E-state index in [4.69, 9.17) is 35.4 Å². The van der Waals surface area contributed by atoms with Crippen LogP contribution in [0.5, 0.6) is 0 Å². The van der Waals surface area contributed by atoms with Crippen molar-refractivity contribution < 1.29 is 29.7 Å². The van der Waals surface area contributed by atoms with E-state index >= 15 is 0 Å². The van der Waals surface area contributed by atoms with Crippen LogP contribution < -0.4 is 11.1 Å². The maximum absolute atomic E-state index is 9.00. The van der Waals surface area contributed by atoms with E-state index in [1.165, 1.54) is 5.56 Å². The Morgan fingerprint density at radius 1 is 0.913 bits per heavy atom. The lowest BCUT2D eigenvalue weighted by atomic mass is 10.2. The number of carbonyl (C=O) groups is 3. The second-order valence-corrected chi connectivity index (χ2v) is 4.01. The van der Waals surface area contributed by atoms with Crippen molar-refractivity contribution in [1.29, 1.82) is 0 Å². The van der Waals surface area contributed by atoms with Crippen molar-refractivity contribution in [1.82, 2.24) is 5.32 Å². The second kappa shape index (κ2) is 19.6. The molecule has 0 aromatic heterocycles. The van der Waals surface area contributed by atoms with Gasteiger partial charge in [0.05, 0.1) is 0 Å². The zero-order valence-corrected chi connectivity index (χ0v) is 13.7. The molecule has 0 radical (unpaired) electrons. The summed E-state index contributed by atoms with van der Waals surface area (Å²) in [6.45, 7) is 5.75. The van der Waals surface area contributed by atoms with Crippen LogP contribution in [0.3, 0.4) is 0 Å². The van der Waals surface area contributed by atoms with Crippen molar-refractivity contribution in [2.75, 3.05) is 13.1 Å². The number of hydrogen-bond donors (Lipinski definition) is 5. The van der Waals surface area contributed by atoms with Crippen LogP contribution in [0.1, 0.15) is 26.3 Å². The van der Waals surface area contributed by atoms with Gasteiger partial charge in [-0.1, -0.05) is 30.3 Å². The first kappa shape index (κ1) is 25.5. The molecular formula is C15H26N2O6. The van der Waals surface area contributed by atoms with Crippen LogP contribution >= 0.6 is 0 Å². The fraction of sp³-hybridized carbons (Fsp3) is 0.400. The molecule has 23 heavy (non-hydrogen) atoms. The van der Waals surface area contributed by atoms with Gasteiger partial charge in [0.2, 0.25) is 0 Å². The molecule has 0 aliphatic rings. The van der Waals surface area contributed by atoms with Gasteiger partial charge in [0.1, 0.15) is 0 Å². The Kier molecular flexibility index (Phi) is 21.7. The topological polar surface area (TPSA) is 150 Å². The number of benzene rings is 1. The van der Waals surface area contributed by atoms with Crippen LogP contribution in [0.25, 0.3) is 0 Å². The quantitative estimate of drug-likeness (QED) is 0.513. The molecule has 0 saturated heterocycles. The van der Waals surface area contributed by atoms with Gasteiger partial charge in [-0.2, -0.15) is 0 Å². The van der Waals surface area contributed by atoms with E-state index in [1.54, 1.807) is 0 Å². The van der Waals surface area contributed by atoms with Crippen LogP contribution in [-0.4, -0.2) is 46.3 Å². The van der Waals surface area contributed by atoms with Crippen molar-refractivity contribution >= 4 is 17.9 Å². The van der Waals surface area contributed by atoms with Crippen LogP contribution in [0.2, 0.25) is 0 Å². The first-order valence-electron chi connectivity index (χ1n) is 6.66. The molecule has 1 aromatic carbocycles. The smallest absolute Gasteiger partial charge is 0.300 e. The Balaban J connectivity index is -0.000000278. The Morgan fingerprint density at radius 3 is 1.57 bits per heavy atom. The maximum atomic E-state index is 9.00. The Morgan fingerprint density at radius 2 is 1.26 bits per heavy atom. The van der Waals surface area contributed by atoms with Gasteiger partial charge in [-0.15, -0.1) is 0 Å². The lowest BCUT2D eigenvalue weighted by Crippen LogP contribution is -2.21. The van der Waals surface area contributed by atoms with Crippen molar-refractivity contribution in [3.8, 4) is 0 Å². The van der Waals surface area contributed by atoms with Gasteiger partial charge in [-0.25, -0.2) is 0 Å². The number of rotatable bonds is 4. The Hall–Kier alpha value is -2.45. The Bertz CT molecular complexity index is 383. The molecule has 0 aliphatic carbocycles. The van der Waals surface area contributed by atoms with Crippen molar-refractivity contribution in [3.05, 3.63) is 35.9 Å². The third-order valence-corrected chi connectivity index (χ3v) is 1.49. The fourth-order valence-corrected chi connectivity index (χ4v) is 0.931. The van der Waals surface area contributed by atoms with Crippen molar-refractivity contribution in [3.63, 3.8) is 0 Å². The highest BCUT2D eigenvalue weighted by Crippen LogP contribution is 1.96. The minimum atomic E-state index is -0.833. The predicted molar refractivity (Wildman–Crippen MR) is 87.1 cm³/mol. The lowest BCUT2D eigenvalue weighted by molar-refractivity contribution is -0.135. The van der Waals surface area contributed by atoms with Crippen molar-refractivity contribution in [2.45, 2.75) is 27.3 Å². The van der Waals surface area contributed by atoms with E-state index in [0.717, 1.165) is 33.9 Å². The van der Waals surface area contributed by atoms with E-state index in [2.05, 4.69) is 17.4 Å². The maximum Gasteiger partial charge on any atom is 0.300 e. The number of nitrogens with one attached hydrogen (secondary N) is 1. The minimum Gasteiger partial charge on any atom is -0.481 e. The van der Waals surface area contributed by atoms with Crippen LogP contribution in [0, 0.1) is 0 Å². The summed E-state index contributed by atoms with van der Waals surface area (Å²) in [4.78, 5) is 27.0. The molecule has 6 N–H and O–H groups in total. The largest absolute Gasteiger partial charge is 0.481 e. The second-order valence-electron chi connectivity index (χ2n) is 4.01. The molecule has 0 saturated carbocycles. The zero-order chi connectivity index (χ0) is 18.7. The number of aliphatic carboxylic acids is 3. The molecule has 8 nitrogen and oxygen atoms in total. The highest BCUT2D eigenvalue weighted by atomic mass is 16.4. The average Bonchev–Trinajstić information content (AvgIpc) is 2.38. The number of nitrogens with two attached hydrogens (primary N) is 1. The molecular weight excluding hydrogens is 304 g/mol. The van der Waals surface area contributed by atoms with E-state index in [1.807, 2.05) is 18.2 Å². The summed E-state index contributed by atoms with van der Waals surface area (Å²) in [6.07, 6.45) is 0. The molecule has 0 bridgehead atoms. The van der Waals surface area contributed by atoms with Gasteiger partial charge < -0.3 is 26.4 Å². The molecule has 1 aromatic rings. The zero-order valence-electron chi connectivity index (χ0n) is 13.7. The minimum absolute atomic E-state index is 0.701. The van der Waals surface area contributed by atoms with Gasteiger partial charge in [0, 0.05) is 40.4 Å². The highest BCUT2D eigenvalue weighted by molar-refractivity contribution is 5.63. The molecule has 0 atom stereocenters. The lowest BCUT2D eigenvalue weighted by Gasteiger charge is -2.01. The third-order valence-electron chi connectivity index (χ3n) is 1.49. The Labute approximate surface area is 135 Å². The van der Waals surface area contributed by atoms with Gasteiger partial charge in [0.25, 0.3) is 17.9 Å². The first-order valence-corrected chi connectivity index (χ1v) is 6.66. The van der Waals surface area contributed by atoms with Crippen LogP contribution in [0.15, 0.2) is 30.3 Å². The van der Waals surface area contributed by atoms with Crippen molar-refractivity contribution in [2.24, 2.45) is 5.73 Å². The molecule has 1 rings (SSSR count). The van der Waals surface area contributed by atoms with Gasteiger partial charge >= 0.3 is 0 Å². The summed E-state index contributed by atoms with van der Waals surface area (Å²) in [6, 6.07) is 10.3. The molecule has 0 heterocycles. The number of carboxylic acid groups (broad SMARTS) is 3. The normalized spacial score (nSPS) is 8.00. The summed E-state index contributed by atoms with van der Waals surface area (Å²) in [5, 5.41) is 25.5. The summed E-state index contributed by atoms with van der Waals surface area (Å²) in [7, 11) is 0. The van der Waals surface area contributed by atoms with Gasteiger partial charge in [0.15, 0.2) is 0 Å². The average molecular weight is 330 g/mol. The van der Waals surface area contributed by atoms with Crippen LogP contribution in [-0.2, 0) is 20.9 Å². The standard InChI is InChI=1S/C9H14N2.3C2H4O2/c10-6-7-11-8-9-4-2-1-3-5-9;3*1-2(3)4/h1-5,11H,6-8,10H2;3*1H3,(H,3,4). The molecule has 0 spiro atoms. The fourth-order valence-electron chi connectivity index (χ4n) is 0.931. The molecule has 132 valence electrons. The van der Waals surface area contributed by atoms with E-state index < -0.39 is 17.9 Å². The highest BCUT2D eigenvalue weighted by Gasteiger charge is 1.87. The third kappa shape index (κ3) is 54.1. The van der Waals surface area contributed by atoms with Gasteiger partial charge in [-0.05, 0) is 5.56 Å². The molecule has 8 heteroatoms. The summed E-state index contributed by atoms with van der Waals surface area (Å²) < 4.78 is 0. The molecule has 0 amide bonds. The van der Waals surface area contributed by atoms with E-state index in [-0.39, 0.29) is 0 Å². The summed E-state index contributed by atoms with van der Waals surface area (Å²) in [5.74, 6) is -2.50. The number of hydrogen-bond acceptors (Lipinski definition) is 5. The van der Waals surface area contributed by atoms with E-state index in [9.17, 15) is 0 Å². The molecule has 0 fully saturated rings. The summed E-state index contributed by atoms with van der Waals surface area (Å²) in [5.41, 5.74) is 6.64. The van der Waals surface area contributed by atoms with Crippen LogP contribution in [0.4, 0.5) is 0 Å². The summed E-state index contributed by atoms with van der Waals surface area (Å²) >= 11 is 0. The number of carboxylic acids is 3. The molecule has 0 aliphatic heterocycles. The molecule has 0 unspecified atom stereocenters.